The van der Waals surface area contributed by atoms with Gasteiger partial charge in [0, 0.05) is 42.6 Å². The summed E-state index contributed by atoms with van der Waals surface area (Å²) in [5.41, 5.74) is 2.08. The van der Waals surface area contributed by atoms with Crippen LogP contribution in [-0.2, 0) is 21.8 Å². The molecule has 0 aliphatic heterocycles. The van der Waals surface area contributed by atoms with Gasteiger partial charge in [-0.2, -0.15) is 10.1 Å². The standard InChI is InChI=1S/C22H25FN4O3S/c1-3-30-20(28)5-4-10-27-13-19(15(2)17-11-24-25-12-17)21(29)26-22(27)31-14-16-6-8-18(23)9-7-16/h6-9,11-13,15H,3-5,10,14H2,1-2H3,(H,24,25). The first-order valence-corrected chi connectivity index (χ1v) is 11.1. The van der Waals surface area contributed by atoms with Crippen LogP contribution in [0.2, 0.25) is 0 Å². The summed E-state index contributed by atoms with van der Waals surface area (Å²) in [6, 6.07) is 6.23. The van der Waals surface area contributed by atoms with Crippen LogP contribution in [0.25, 0.3) is 0 Å². The molecule has 0 aliphatic carbocycles. The van der Waals surface area contributed by atoms with Crippen LogP contribution in [0.4, 0.5) is 4.39 Å². The van der Waals surface area contributed by atoms with Crippen LogP contribution in [0.3, 0.4) is 0 Å². The SMILES string of the molecule is CCOC(=O)CCCn1cc(C(C)c2cn[nH]c2)c(=O)nc1SCc1ccc(F)cc1. The molecule has 1 aromatic carbocycles. The van der Waals surface area contributed by atoms with E-state index in [1.54, 1.807) is 31.5 Å². The van der Waals surface area contributed by atoms with E-state index in [1.807, 2.05) is 17.7 Å². The number of nitrogens with zero attached hydrogens (tertiary/aromatic N) is 3. The number of aromatic nitrogens is 4. The van der Waals surface area contributed by atoms with E-state index in [2.05, 4.69) is 15.2 Å². The average molecular weight is 445 g/mol. The van der Waals surface area contributed by atoms with Gasteiger partial charge < -0.3 is 9.30 Å². The van der Waals surface area contributed by atoms with E-state index in [-0.39, 0.29) is 29.7 Å². The van der Waals surface area contributed by atoms with Crippen molar-refractivity contribution in [3.8, 4) is 0 Å². The summed E-state index contributed by atoms with van der Waals surface area (Å²) < 4.78 is 20.1. The number of carbonyl (C=O) groups is 1. The maximum atomic E-state index is 13.2. The average Bonchev–Trinajstić information content (AvgIpc) is 3.29. The number of esters is 1. The summed E-state index contributed by atoms with van der Waals surface area (Å²) in [6.07, 6.45) is 6.10. The largest absolute Gasteiger partial charge is 0.466 e. The molecule has 0 saturated carbocycles. The van der Waals surface area contributed by atoms with Gasteiger partial charge in [0.2, 0.25) is 0 Å². The number of rotatable bonds is 10. The molecule has 2 heterocycles. The molecule has 3 aromatic rings. The third-order valence-corrected chi connectivity index (χ3v) is 5.90. The highest BCUT2D eigenvalue weighted by atomic mass is 32.2. The Labute approximate surface area is 184 Å². The minimum absolute atomic E-state index is 0.175. The van der Waals surface area contributed by atoms with Crippen molar-refractivity contribution >= 4 is 17.7 Å². The Balaban J connectivity index is 1.82. The lowest BCUT2D eigenvalue weighted by atomic mass is 9.98. The summed E-state index contributed by atoms with van der Waals surface area (Å²) in [6.45, 7) is 4.57. The molecule has 0 saturated heterocycles. The molecule has 0 radical (unpaired) electrons. The second-order valence-electron chi connectivity index (χ2n) is 7.05. The van der Waals surface area contributed by atoms with Gasteiger partial charge in [-0.25, -0.2) is 4.39 Å². The quantitative estimate of drug-likeness (QED) is 0.290. The van der Waals surface area contributed by atoms with Gasteiger partial charge >= 0.3 is 5.97 Å². The van der Waals surface area contributed by atoms with Crippen molar-refractivity contribution in [2.75, 3.05) is 6.61 Å². The normalized spacial score (nSPS) is 12.0. The molecule has 2 aromatic heterocycles. The Hall–Kier alpha value is -2.94. The Kier molecular flexibility index (Phi) is 8.00. The van der Waals surface area contributed by atoms with Crippen molar-refractivity contribution in [2.24, 2.45) is 0 Å². The van der Waals surface area contributed by atoms with Crippen LogP contribution in [0.15, 0.2) is 52.8 Å². The van der Waals surface area contributed by atoms with Gasteiger partial charge in [-0.05, 0) is 36.6 Å². The van der Waals surface area contributed by atoms with E-state index in [1.165, 1.54) is 23.9 Å². The molecule has 0 spiro atoms. The van der Waals surface area contributed by atoms with Crippen LogP contribution in [0.1, 0.15) is 49.3 Å². The van der Waals surface area contributed by atoms with Crippen molar-refractivity contribution in [3.63, 3.8) is 0 Å². The second kappa shape index (κ2) is 10.9. The van der Waals surface area contributed by atoms with E-state index in [4.69, 9.17) is 4.74 Å². The van der Waals surface area contributed by atoms with Crippen LogP contribution in [0.5, 0.6) is 0 Å². The lowest BCUT2D eigenvalue weighted by molar-refractivity contribution is -0.143. The van der Waals surface area contributed by atoms with E-state index < -0.39 is 0 Å². The maximum absolute atomic E-state index is 13.2. The van der Waals surface area contributed by atoms with Gasteiger partial charge in [0.25, 0.3) is 5.56 Å². The summed E-state index contributed by atoms with van der Waals surface area (Å²) in [5.74, 6) is -0.170. The molecule has 1 N–H and O–H groups in total. The third-order valence-electron chi connectivity index (χ3n) is 4.84. The first-order chi connectivity index (χ1) is 15.0. The smallest absolute Gasteiger partial charge is 0.305 e. The Bertz CT molecular complexity index is 1050. The molecular weight excluding hydrogens is 419 g/mol. The van der Waals surface area contributed by atoms with Crippen LogP contribution < -0.4 is 5.56 Å². The second-order valence-corrected chi connectivity index (χ2v) is 8.00. The molecule has 3 rings (SSSR count). The Morgan fingerprint density at radius 1 is 1.32 bits per heavy atom. The fourth-order valence-electron chi connectivity index (χ4n) is 3.10. The molecule has 0 aliphatic rings. The number of hydrogen-bond donors (Lipinski definition) is 1. The molecule has 31 heavy (non-hydrogen) atoms. The minimum atomic E-state index is -0.294. The van der Waals surface area contributed by atoms with E-state index in [0.717, 1.165) is 11.1 Å². The Morgan fingerprint density at radius 2 is 2.10 bits per heavy atom. The molecule has 0 amide bonds. The number of benzene rings is 1. The Morgan fingerprint density at radius 3 is 2.77 bits per heavy atom. The van der Waals surface area contributed by atoms with E-state index in [0.29, 0.717) is 36.0 Å². The molecular formula is C22H25FN4O3S. The van der Waals surface area contributed by atoms with Gasteiger partial charge in [0.15, 0.2) is 5.16 Å². The number of nitrogens with one attached hydrogen (secondary N) is 1. The molecule has 0 bridgehead atoms. The van der Waals surface area contributed by atoms with E-state index in [9.17, 15) is 14.0 Å². The number of H-pyrrole nitrogens is 1. The minimum Gasteiger partial charge on any atom is -0.466 e. The van der Waals surface area contributed by atoms with Crippen molar-refractivity contribution in [3.05, 3.63) is 75.7 Å². The highest BCUT2D eigenvalue weighted by Crippen LogP contribution is 2.25. The first-order valence-electron chi connectivity index (χ1n) is 10.1. The highest BCUT2D eigenvalue weighted by molar-refractivity contribution is 7.98. The number of aryl methyl sites for hydroxylation is 1. The molecule has 1 unspecified atom stereocenters. The van der Waals surface area contributed by atoms with Crippen LogP contribution in [0, 0.1) is 5.82 Å². The lowest BCUT2D eigenvalue weighted by Gasteiger charge is -2.16. The third kappa shape index (κ3) is 6.27. The van der Waals surface area contributed by atoms with Crippen molar-refractivity contribution in [1.29, 1.82) is 0 Å². The predicted molar refractivity (Wildman–Crippen MR) is 116 cm³/mol. The number of thioether (sulfide) groups is 1. The monoisotopic (exact) mass is 444 g/mol. The summed E-state index contributed by atoms with van der Waals surface area (Å²) in [7, 11) is 0. The number of hydrogen-bond acceptors (Lipinski definition) is 6. The van der Waals surface area contributed by atoms with Crippen molar-refractivity contribution < 1.29 is 13.9 Å². The zero-order valence-electron chi connectivity index (χ0n) is 17.5. The molecule has 7 nitrogen and oxygen atoms in total. The van der Waals surface area contributed by atoms with Crippen molar-refractivity contribution in [1.82, 2.24) is 19.7 Å². The zero-order valence-corrected chi connectivity index (χ0v) is 18.3. The van der Waals surface area contributed by atoms with Gasteiger partial charge in [0.05, 0.1) is 12.8 Å². The number of carbonyl (C=O) groups excluding carboxylic acids is 1. The summed E-state index contributed by atoms with van der Waals surface area (Å²) >= 11 is 1.40. The fourth-order valence-corrected chi connectivity index (χ4v) is 4.04. The lowest BCUT2D eigenvalue weighted by Crippen LogP contribution is -2.21. The topological polar surface area (TPSA) is 89.9 Å². The molecule has 0 fully saturated rings. The predicted octanol–water partition coefficient (Wildman–Crippen LogP) is 3.89. The van der Waals surface area contributed by atoms with Gasteiger partial charge in [-0.3, -0.25) is 14.7 Å². The summed E-state index contributed by atoms with van der Waals surface area (Å²) in [4.78, 5) is 28.8. The fraction of sp³-hybridized carbons (Fsp3) is 0.364. The number of aromatic amines is 1. The molecule has 9 heteroatoms. The van der Waals surface area contributed by atoms with Crippen LogP contribution >= 0.6 is 11.8 Å². The van der Waals surface area contributed by atoms with Gasteiger partial charge in [0.1, 0.15) is 5.82 Å². The van der Waals surface area contributed by atoms with E-state index >= 15 is 0 Å². The molecule has 164 valence electrons. The zero-order chi connectivity index (χ0) is 22.2. The van der Waals surface area contributed by atoms with Gasteiger partial charge in [-0.15, -0.1) is 0 Å². The van der Waals surface area contributed by atoms with Crippen molar-refractivity contribution in [2.45, 2.75) is 50.1 Å². The van der Waals surface area contributed by atoms with Gasteiger partial charge in [-0.1, -0.05) is 30.8 Å². The number of halogens is 1. The molecule has 1 atom stereocenters. The summed E-state index contributed by atoms with van der Waals surface area (Å²) in [5, 5.41) is 7.28. The maximum Gasteiger partial charge on any atom is 0.305 e. The van der Waals surface area contributed by atoms with Crippen LogP contribution in [-0.4, -0.2) is 32.3 Å². The highest BCUT2D eigenvalue weighted by Gasteiger charge is 2.17. The first kappa shape index (κ1) is 22.7. The number of ether oxygens (including phenoxy) is 1.